The van der Waals surface area contributed by atoms with E-state index >= 15 is 0 Å². The van der Waals surface area contributed by atoms with Gasteiger partial charge in [0.1, 0.15) is 0 Å². The summed E-state index contributed by atoms with van der Waals surface area (Å²) in [7, 11) is 0. The van der Waals surface area contributed by atoms with E-state index in [1.807, 2.05) is 0 Å². The molecule has 4 heteroatoms. The predicted molar refractivity (Wildman–Crippen MR) is 71.6 cm³/mol. The van der Waals surface area contributed by atoms with Gasteiger partial charge in [-0.3, -0.25) is 4.79 Å². The Morgan fingerprint density at radius 3 is 2.39 bits per heavy atom. The van der Waals surface area contributed by atoms with Crippen LogP contribution in [0.2, 0.25) is 0 Å². The molecule has 1 saturated heterocycles. The van der Waals surface area contributed by atoms with Crippen molar-refractivity contribution in [2.24, 2.45) is 11.3 Å². The number of carboxylic acids is 1. The molecule has 2 fully saturated rings. The largest absolute Gasteiger partial charge is 0.481 e. The normalized spacial score (nSPS) is 23.2. The second-order valence-electron chi connectivity index (χ2n) is 6.71. The van der Waals surface area contributed by atoms with Crippen LogP contribution in [0.3, 0.4) is 0 Å². The first-order valence-corrected chi connectivity index (χ1v) is 7.15. The number of aliphatic carboxylic acids is 1. The summed E-state index contributed by atoms with van der Waals surface area (Å²) in [6, 6.07) is 0.766. The van der Waals surface area contributed by atoms with Gasteiger partial charge in [-0.1, -0.05) is 13.8 Å². The number of carboxylic acid groups (broad SMARTS) is 1. The van der Waals surface area contributed by atoms with Crippen molar-refractivity contribution in [3.63, 3.8) is 0 Å². The van der Waals surface area contributed by atoms with Gasteiger partial charge < -0.3 is 15.3 Å². The van der Waals surface area contributed by atoms with E-state index < -0.39 is 5.97 Å². The first-order chi connectivity index (χ1) is 8.46. The van der Waals surface area contributed by atoms with Crippen LogP contribution in [0.5, 0.6) is 0 Å². The smallest absolute Gasteiger partial charge is 0.306 e. The molecule has 2 aliphatic rings. The Labute approximate surface area is 110 Å². The third-order valence-corrected chi connectivity index (χ3v) is 4.04. The first kappa shape index (κ1) is 13.8. The summed E-state index contributed by atoms with van der Waals surface area (Å²) in [4.78, 5) is 13.3. The molecule has 0 spiro atoms. The van der Waals surface area contributed by atoms with Crippen LogP contribution in [0.4, 0.5) is 0 Å². The second kappa shape index (κ2) is 5.57. The number of likely N-dealkylation sites (tertiary alicyclic amines) is 1. The van der Waals surface area contributed by atoms with E-state index in [-0.39, 0.29) is 11.3 Å². The van der Waals surface area contributed by atoms with E-state index in [1.54, 1.807) is 0 Å². The quantitative estimate of drug-likeness (QED) is 0.755. The molecule has 2 N–H and O–H groups in total. The second-order valence-corrected chi connectivity index (χ2v) is 6.71. The fourth-order valence-electron chi connectivity index (χ4n) is 2.71. The van der Waals surface area contributed by atoms with E-state index in [0.717, 1.165) is 45.1 Å². The van der Waals surface area contributed by atoms with Crippen LogP contribution < -0.4 is 5.32 Å². The van der Waals surface area contributed by atoms with Gasteiger partial charge in [-0.05, 0) is 44.2 Å². The molecule has 1 heterocycles. The van der Waals surface area contributed by atoms with Gasteiger partial charge >= 0.3 is 5.97 Å². The van der Waals surface area contributed by atoms with E-state index in [4.69, 9.17) is 5.11 Å². The Kier molecular flexibility index (Phi) is 4.28. The Hall–Kier alpha value is -0.610. The molecule has 4 nitrogen and oxygen atoms in total. The van der Waals surface area contributed by atoms with Crippen LogP contribution >= 0.6 is 0 Å². The fraction of sp³-hybridized carbons (Fsp3) is 0.929. The van der Waals surface area contributed by atoms with Crippen LogP contribution in [0.25, 0.3) is 0 Å². The highest BCUT2D eigenvalue weighted by Gasteiger charge is 2.30. The monoisotopic (exact) mass is 254 g/mol. The van der Waals surface area contributed by atoms with Crippen molar-refractivity contribution < 1.29 is 9.90 Å². The molecule has 104 valence electrons. The van der Waals surface area contributed by atoms with Gasteiger partial charge in [0.15, 0.2) is 0 Å². The molecule has 0 unspecified atom stereocenters. The average molecular weight is 254 g/mol. The van der Waals surface area contributed by atoms with Crippen LogP contribution in [0, 0.1) is 11.3 Å². The fourth-order valence-corrected chi connectivity index (χ4v) is 2.71. The van der Waals surface area contributed by atoms with Crippen LogP contribution in [-0.4, -0.2) is 48.2 Å². The minimum atomic E-state index is -0.621. The summed E-state index contributed by atoms with van der Waals surface area (Å²) >= 11 is 0. The molecule has 0 radical (unpaired) electrons. The zero-order valence-corrected chi connectivity index (χ0v) is 11.6. The van der Waals surface area contributed by atoms with Gasteiger partial charge in [0, 0.05) is 19.1 Å². The molecule has 0 amide bonds. The Bertz CT molecular complexity index is 292. The zero-order valence-electron chi connectivity index (χ0n) is 11.6. The maximum atomic E-state index is 10.9. The molecule has 1 aliphatic carbocycles. The highest BCUT2D eigenvalue weighted by molar-refractivity contribution is 5.70. The van der Waals surface area contributed by atoms with Crippen molar-refractivity contribution in [2.45, 2.75) is 45.6 Å². The van der Waals surface area contributed by atoms with Crippen LogP contribution in [0.15, 0.2) is 0 Å². The van der Waals surface area contributed by atoms with Gasteiger partial charge in [0.05, 0.1) is 5.92 Å². The Balaban J connectivity index is 1.70. The lowest BCUT2D eigenvalue weighted by atomic mass is 9.90. The van der Waals surface area contributed by atoms with Gasteiger partial charge in [0.2, 0.25) is 0 Å². The Morgan fingerprint density at radius 1 is 1.28 bits per heavy atom. The van der Waals surface area contributed by atoms with E-state index in [0.29, 0.717) is 0 Å². The van der Waals surface area contributed by atoms with Gasteiger partial charge in [-0.15, -0.1) is 0 Å². The summed E-state index contributed by atoms with van der Waals surface area (Å²) < 4.78 is 0. The molecule has 0 bridgehead atoms. The number of nitrogens with zero attached hydrogens (tertiary/aromatic N) is 1. The van der Waals surface area contributed by atoms with Crippen molar-refractivity contribution in [3.8, 4) is 0 Å². The molecule has 18 heavy (non-hydrogen) atoms. The highest BCUT2D eigenvalue weighted by atomic mass is 16.4. The van der Waals surface area contributed by atoms with Gasteiger partial charge in [-0.25, -0.2) is 0 Å². The molecule has 0 aromatic carbocycles. The van der Waals surface area contributed by atoms with Crippen molar-refractivity contribution in [2.75, 3.05) is 26.2 Å². The number of hydrogen-bond donors (Lipinski definition) is 2. The number of nitrogens with one attached hydrogen (secondary N) is 1. The van der Waals surface area contributed by atoms with Crippen molar-refractivity contribution in [1.29, 1.82) is 0 Å². The number of piperidine rings is 1. The maximum absolute atomic E-state index is 10.9. The van der Waals surface area contributed by atoms with Crippen LogP contribution in [0.1, 0.15) is 39.5 Å². The molecular formula is C14H26N2O2. The van der Waals surface area contributed by atoms with Crippen LogP contribution in [-0.2, 0) is 4.79 Å². The SMILES string of the molecule is CC(C)(CNC1CC1)CN1CCC(C(=O)O)CC1. The standard InChI is InChI=1S/C14H26N2O2/c1-14(2,9-15-12-3-4-12)10-16-7-5-11(6-8-16)13(17)18/h11-12,15H,3-10H2,1-2H3,(H,17,18). The Morgan fingerprint density at radius 2 is 1.89 bits per heavy atom. The summed E-state index contributed by atoms with van der Waals surface area (Å²) in [6.45, 7) is 8.60. The minimum absolute atomic E-state index is 0.117. The number of hydrogen-bond acceptors (Lipinski definition) is 3. The third-order valence-electron chi connectivity index (χ3n) is 4.04. The minimum Gasteiger partial charge on any atom is -0.481 e. The maximum Gasteiger partial charge on any atom is 0.306 e. The molecule has 1 aliphatic heterocycles. The lowest BCUT2D eigenvalue weighted by Gasteiger charge is -2.36. The summed E-state index contributed by atoms with van der Waals surface area (Å²) in [5.74, 6) is -0.738. The number of rotatable bonds is 6. The molecule has 1 saturated carbocycles. The van der Waals surface area contributed by atoms with Gasteiger partial charge in [0.25, 0.3) is 0 Å². The molecular weight excluding hydrogens is 228 g/mol. The van der Waals surface area contributed by atoms with Crippen molar-refractivity contribution in [1.82, 2.24) is 10.2 Å². The van der Waals surface area contributed by atoms with E-state index in [9.17, 15) is 4.79 Å². The van der Waals surface area contributed by atoms with E-state index in [1.165, 1.54) is 12.8 Å². The number of carbonyl (C=O) groups is 1. The lowest BCUT2D eigenvalue weighted by molar-refractivity contribution is -0.143. The topological polar surface area (TPSA) is 52.6 Å². The summed E-state index contributed by atoms with van der Waals surface area (Å²) in [6.07, 6.45) is 4.28. The highest BCUT2D eigenvalue weighted by Crippen LogP contribution is 2.24. The third kappa shape index (κ3) is 4.25. The molecule has 0 aromatic rings. The first-order valence-electron chi connectivity index (χ1n) is 7.15. The molecule has 2 rings (SSSR count). The summed E-state index contributed by atoms with van der Waals surface area (Å²) in [5.41, 5.74) is 0.276. The van der Waals surface area contributed by atoms with E-state index in [2.05, 4.69) is 24.1 Å². The zero-order chi connectivity index (χ0) is 13.2. The van der Waals surface area contributed by atoms with Gasteiger partial charge in [-0.2, -0.15) is 0 Å². The predicted octanol–water partition coefficient (Wildman–Crippen LogP) is 1.56. The van der Waals surface area contributed by atoms with Crippen molar-refractivity contribution in [3.05, 3.63) is 0 Å². The summed E-state index contributed by atoms with van der Waals surface area (Å²) in [5, 5.41) is 12.6. The molecule has 0 atom stereocenters. The molecule has 0 aromatic heterocycles. The lowest BCUT2D eigenvalue weighted by Crippen LogP contribution is -2.45. The average Bonchev–Trinajstić information content (AvgIpc) is 3.10. The van der Waals surface area contributed by atoms with Crippen molar-refractivity contribution >= 4 is 5.97 Å².